The quantitative estimate of drug-likeness (QED) is 0.704. The third-order valence-electron chi connectivity index (χ3n) is 4.06. The minimum Gasteiger partial charge on any atom is -0.352 e. The van der Waals surface area contributed by atoms with E-state index in [4.69, 9.17) is 0 Å². The van der Waals surface area contributed by atoms with Crippen LogP contribution in [0.3, 0.4) is 0 Å². The average molecular weight is 280 g/mol. The third kappa shape index (κ3) is 2.29. The van der Waals surface area contributed by atoms with Crippen molar-refractivity contribution >= 4 is 28.2 Å². The molecular formula is C18H20N2O. The van der Waals surface area contributed by atoms with Crippen molar-refractivity contribution in [1.29, 1.82) is 0 Å². The molecule has 3 rings (SSSR count). The zero-order valence-corrected chi connectivity index (χ0v) is 12.5. The molecule has 3 heteroatoms. The molecule has 0 aliphatic rings. The highest BCUT2D eigenvalue weighted by Gasteiger charge is 2.12. The molecule has 0 fully saturated rings. The summed E-state index contributed by atoms with van der Waals surface area (Å²) in [5, 5.41) is 5.36. The topological polar surface area (TPSA) is 34.0 Å². The van der Waals surface area contributed by atoms with E-state index in [9.17, 15) is 4.79 Å². The van der Waals surface area contributed by atoms with Gasteiger partial charge < -0.3 is 9.88 Å². The van der Waals surface area contributed by atoms with E-state index in [1.165, 1.54) is 21.8 Å². The summed E-state index contributed by atoms with van der Waals surface area (Å²) in [4.78, 5) is 10.6. The van der Waals surface area contributed by atoms with Crippen LogP contribution in [0.4, 0.5) is 0 Å². The molecule has 1 atom stereocenters. The van der Waals surface area contributed by atoms with Crippen LogP contribution in [0.25, 0.3) is 21.8 Å². The summed E-state index contributed by atoms with van der Waals surface area (Å²) in [5.74, 6) is 0. The molecule has 1 aromatic heterocycles. The second kappa shape index (κ2) is 5.60. The van der Waals surface area contributed by atoms with Crippen LogP contribution in [-0.2, 0) is 11.3 Å². The first-order valence-corrected chi connectivity index (χ1v) is 7.47. The van der Waals surface area contributed by atoms with Gasteiger partial charge in [0.15, 0.2) is 0 Å². The Morgan fingerprint density at radius 3 is 2.67 bits per heavy atom. The smallest absolute Gasteiger partial charge is 0.207 e. The number of fused-ring (bicyclic) bond motifs is 3. The maximum Gasteiger partial charge on any atom is 0.207 e. The van der Waals surface area contributed by atoms with Crippen LogP contribution in [0.2, 0.25) is 0 Å². The second-order valence-corrected chi connectivity index (χ2v) is 5.45. The van der Waals surface area contributed by atoms with E-state index in [1.54, 1.807) is 0 Å². The number of benzene rings is 2. The summed E-state index contributed by atoms with van der Waals surface area (Å²) >= 11 is 0. The summed E-state index contributed by atoms with van der Waals surface area (Å²) in [6.45, 7) is 5.22. The molecule has 0 aliphatic heterocycles. The van der Waals surface area contributed by atoms with Crippen LogP contribution in [0, 0.1) is 0 Å². The maximum absolute atomic E-state index is 10.6. The van der Waals surface area contributed by atoms with Crippen molar-refractivity contribution in [2.24, 2.45) is 0 Å². The van der Waals surface area contributed by atoms with E-state index in [0.29, 0.717) is 0 Å². The molecule has 3 nitrogen and oxygen atoms in total. The molecule has 0 aliphatic carbocycles. The van der Waals surface area contributed by atoms with Gasteiger partial charge in [-0.25, -0.2) is 0 Å². The van der Waals surface area contributed by atoms with Gasteiger partial charge in [-0.05, 0) is 37.1 Å². The number of carbonyl (C=O) groups is 1. The first-order valence-electron chi connectivity index (χ1n) is 7.47. The van der Waals surface area contributed by atoms with Gasteiger partial charge in [0.1, 0.15) is 0 Å². The number of hydrogen-bond donors (Lipinski definition) is 1. The van der Waals surface area contributed by atoms with Gasteiger partial charge in [-0.3, -0.25) is 4.79 Å². The number of carbonyl (C=O) groups excluding carboxylic acids is 1. The second-order valence-electron chi connectivity index (χ2n) is 5.45. The SMILES string of the molecule is CCCn1c2ccccc2c2cc(C(C)NC=O)ccc21. The maximum atomic E-state index is 10.6. The number of para-hydroxylation sites is 1. The fraction of sp³-hybridized carbons (Fsp3) is 0.278. The molecule has 0 saturated carbocycles. The van der Waals surface area contributed by atoms with Crippen LogP contribution >= 0.6 is 0 Å². The van der Waals surface area contributed by atoms with E-state index in [0.717, 1.165) is 24.9 Å². The highest BCUT2D eigenvalue weighted by Crippen LogP contribution is 2.31. The Kier molecular flexibility index (Phi) is 3.65. The Morgan fingerprint density at radius 1 is 1.14 bits per heavy atom. The molecule has 1 amide bonds. The molecule has 0 spiro atoms. The normalized spacial score (nSPS) is 12.7. The van der Waals surface area contributed by atoms with Gasteiger partial charge >= 0.3 is 0 Å². The van der Waals surface area contributed by atoms with Gasteiger partial charge in [0, 0.05) is 28.4 Å². The van der Waals surface area contributed by atoms with Crippen molar-refractivity contribution in [3.8, 4) is 0 Å². The fourth-order valence-electron chi connectivity index (χ4n) is 3.00. The Morgan fingerprint density at radius 2 is 1.90 bits per heavy atom. The average Bonchev–Trinajstić information content (AvgIpc) is 2.82. The van der Waals surface area contributed by atoms with Crippen molar-refractivity contribution in [2.45, 2.75) is 32.9 Å². The van der Waals surface area contributed by atoms with Gasteiger partial charge in [-0.2, -0.15) is 0 Å². The first kappa shape index (κ1) is 13.7. The van der Waals surface area contributed by atoms with Crippen LogP contribution in [-0.4, -0.2) is 11.0 Å². The number of hydrogen-bond acceptors (Lipinski definition) is 1. The van der Waals surface area contributed by atoms with Crippen LogP contribution in [0.1, 0.15) is 31.9 Å². The van der Waals surface area contributed by atoms with E-state index in [1.807, 2.05) is 6.92 Å². The summed E-state index contributed by atoms with van der Waals surface area (Å²) in [6, 6.07) is 15.0. The van der Waals surface area contributed by atoms with Gasteiger partial charge in [-0.15, -0.1) is 0 Å². The van der Waals surface area contributed by atoms with Crippen molar-refractivity contribution in [1.82, 2.24) is 9.88 Å². The fourth-order valence-corrected chi connectivity index (χ4v) is 3.00. The predicted molar refractivity (Wildman–Crippen MR) is 87.3 cm³/mol. The highest BCUT2D eigenvalue weighted by molar-refractivity contribution is 6.08. The highest BCUT2D eigenvalue weighted by atomic mass is 16.1. The van der Waals surface area contributed by atoms with Crippen LogP contribution in [0.5, 0.6) is 0 Å². The molecule has 0 radical (unpaired) electrons. The number of rotatable bonds is 5. The number of nitrogens with zero attached hydrogens (tertiary/aromatic N) is 1. The molecule has 1 unspecified atom stereocenters. The minimum absolute atomic E-state index is 0.0280. The number of amides is 1. The summed E-state index contributed by atoms with van der Waals surface area (Å²) in [7, 11) is 0. The van der Waals surface area contributed by atoms with E-state index in [-0.39, 0.29) is 6.04 Å². The molecule has 1 heterocycles. The van der Waals surface area contributed by atoms with Gasteiger partial charge in [0.05, 0.1) is 6.04 Å². The molecule has 0 saturated heterocycles. The summed E-state index contributed by atoms with van der Waals surface area (Å²) < 4.78 is 2.38. The van der Waals surface area contributed by atoms with Crippen LogP contribution < -0.4 is 5.32 Å². The van der Waals surface area contributed by atoms with Crippen LogP contribution in [0.15, 0.2) is 42.5 Å². The van der Waals surface area contributed by atoms with E-state index < -0.39 is 0 Å². The molecule has 1 N–H and O–H groups in total. The molecule has 0 bridgehead atoms. The Labute approximate surface area is 124 Å². The van der Waals surface area contributed by atoms with E-state index >= 15 is 0 Å². The lowest BCUT2D eigenvalue weighted by atomic mass is 10.0. The monoisotopic (exact) mass is 280 g/mol. The molecule has 3 aromatic rings. The summed E-state index contributed by atoms with van der Waals surface area (Å²) in [6.07, 6.45) is 1.87. The molecule has 21 heavy (non-hydrogen) atoms. The zero-order valence-electron chi connectivity index (χ0n) is 12.5. The van der Waals surface area contributed by atoms with E-state index in [2.05, 4.69) is 59.3 Å². The standard InChI is InChI=1S/C18H20N2O/c1-3-10-20-17-7-5-4-6-15(17)16-11-14(8-9-18(16)20)13(2)19-12-21/h4-9,11-13H,3,10H2,1-2H3,(H,19,21). The molecule has 108 valence electrons. The van der Waals surface area contributed by atoms with Crippen molar-refractivity contribution in [2.75, 3.05) is 0 Å². The Balaban J connectivity index is 2.25. The summed E-state index contributed by atoms with van der Waals surface area (Å²) in [5.41, 5.74) is 3.68. The molecule has 2 aromatic carbocycles. The predicted octanol–water partition coefficient (Wildman–Crippen LogP) is 4.01. The lowest BCUT2D eigenvalue weighted by Crippen LogP contribution is -2.15. The minimum atomic E-state index is 0.0280. The number of aryl methyl sites for hydroxylation is 1. The lowest BCUT2D eigenvalue weighted by Gasteiger charge is -2.11. The van der Waals surface area contributed by atoms with Crippen molar-refractivity contribution in [3.05, 3.63) is 48.0 Å². The van der Waals surface area contributed by atoms with Gasteiger partial charge in [-0.1, -0.05) is 31.2 Å². The van der Waals surface area contributed by atoms with Crippen molar-refractivity contribution in [3.63, 3.8) is 0 Å². The Hall–Kier alpha value is -2.29. The van der Waals surface area contributed by atoms with Gasteiger partial charge in [0.2, 0.25) is 6.41 Å². The first-order chi connectivity index (χ1) is 10.3. The number of aromatic nitrogens is 1. The third-order valence-corrected chi connectivity index (χ3v) is 4.06. The van der Waals surface area contributed by atoms with Gasteiger partial charge in [0.25, 0.3) is 0 Å². The molecular weight excluding hydrogens is 260 g/mol. The largest absolute Gasteiger partial charge is 0.352 e. The Bertz CT molecular complexity index is 788. The lowest BCUT2D eigenvalue weighted by molar-refractivity contribution is -0.110. The van der Waals surface area contributed by atoms with Crippen molar-refractivity contribution < 1.29 is 4.79 Å². The zero-order chi connectivity index (χ0) is 14.8. The number of nitrogens with one attached hydrogen (secondary N) is 1.